The second kappa shape index (κ2) is 6.46. The highest BCUT2D eigenvalue weighted by Gasteiger charge is 2.09. The smallest absolute Gasteiger partial charge is 0.259 e. The van der Waals surface area contributed by atoms with Crippen molar-refractivity contribution in [3.63, 3.8) is 0 Å². The van der Waals surface area contributed by atoms with E-state index in [2.05, 4.69) is 27.4 Å². The third kappa shape index (κ3) is 3.61. The minimum Gasteiger partial charge on any atom is -0.420 e. The fourth-order valence-electron chi connectivity index (χ4n) is 1.44. The second-order valence-electron chi connectivity index (χ2n) is 3.72. The molecule has 0 aromatic carbocycles. The Morgan fingerprint density at radius 2 is 2.29 bits per heavy atom. The number of hydrogen-bond donors (Lipinski definition) is 1. The van der Waals surface area contributed by atoms with Gasteiger partial charge in [0, 0.05) is 6.42 Å². The Balaban J connectivity index is 1.79. The molecule has 0 atom stereocenters. The minimum atomic E-state index is 0.573. The van der Waals surface area contributed by atoms with Crippen molar-refractivity contribution in [3.05, 3.63) is 17.6 Å². The Morgan fingerprint density at radius 3 is 3.06 bits per heavy atom. The van der Waals surface area contributed by atoms with Crippen molar-refractivity contribution in [1.29, 1.82) is 0 Å². The van der Waals surface area contributed by atoms with E-state index in [-0.39, 0.29) is 0 Å². The van der Waals surface area contributed by atoms with Crippen LogP contribution in [0.3, 0.4) is 0 Å². The summed E-state index contributed by atoms with van der Waals surface area (Å²) < 4.78 is 5.55. The monoisotopic (exact) mass is 252 g/mol. The number of nitrogens with zero attached hydrogens (tertiary/aromatic N) is 3. The summed E-state index contributed by atoms with van der Waals surface area (Å²) >= 11 is 1.50. The first-order valence-corrected chi connectivity index (χ1v) is 6.70. The van der Waals surface area contributed by atoms with Gasteiger partial charge in [-0.1, -0.05) is 6.92 Å². The lowest BCUT2D eigenvalue weighted by molar-refractivity contribution is 0.492. The van der Waals surface area contributed by atoms with Crippen LogP contribution in [0.1, 0.15) is 25.7 Å². The van der Waals surface area contributed by atoms with Crippen LogP contribution in [0.25, 0.3) is 10.8 Å². The van der Waals surface area contributed by atoms with Crippen molar-refractivity contribution in [2.24, 2.45) is 0 Å². The summed E-state index contributed by atoms with van der Waals surface area (Å²) in [4.78, 5) is 4.91. The Morgan fingerprint density at radius 1 is 1.35 bits per heavy atom. The highest BCUT2D eigenvalue weighted by Crippen LogP contribution is 2.21. The molecule has 0 saturated heterocycles. The molecule has 6 heteroatoms. The maximum Gasteiger partial charge on any atom is 0.259 e. The fraction of sp³-hybridized carbons (Fsp3) is 0.545. The molecule has 0 amide bonds. The van der Waals surface area contributed by atoms with Crippen LogP contribution in [0, 0.1) is 0 Å². The number of nitrogens with one attached hydrogen (secondary N) is 1. The molecule has 92 valence electrons. The molecule has 0 aliphatic heterocycles. The zero-order valence-electron chi connectivity index (χ0n) is 9.85. The molecular weight excluding hydrogens is 236 g/mol. The summed E-state index contributed by atoms with van der Waals surface area (Å²) in [5.41, 5.74) is 1.76. The molecule has 0 aliphatic rings. The van der Waals surface area contributed by atoms with E-state index in [1.807, 2.05) is 0 Å². The van der Waals surface area contributed by atoms with Gasteiger partial charge in [0.25, 0.3) is 5.89 Å². The van der Waals surface area contributed by atoms with Gasteiger partial charge < -0.3 is 9.73 Å². The van der Waals surface area contributed by atoms with Crippen LogP contribution < -0.4 is 5.32 Å². The van der Waals surface area contributed by atoms with Crippen molar-refractivity contribution in [2.75, 3.05) is 13.1 Å². The Labute approximate surface area is 104 Å². The summed E-state index contributed by atoms with van der Waals surface area (Å²) in [5.74, 6) is 1.27. The van der Waals surface area contributed by atoms with Gasteiger partial charge >= 0.3 is 0 Å². The van der Waals surface area contributed by atoms with E-state index in [4.69, 9.17) is 4.42 Å². The average molecular weight is 252 g/mol. The number of rotatable bonds is 7. The topological polar surface area (TPSA) is 63.8 Å². The van der Waals surface area contributed by atoms with E-state index in [0.717, 1.165) is 37.2 Å². The molecule has 0 fully saturated rings. The molecule has 0 aliphatic carbocycles. The highest BCUT2D eigenvalue weighted by atomic mass is 32.1. The third-order valence-electron chi connectivity index (χ3n) is 2.28. The lowest BCUT2D eigenvalue weighted by atomic mass is 10.3. The molecule has 2 heterocycles. The van der Waals surface area contributed by atoms with Crippen LogP contribution in [0.15, 0.2) is 16.1 Å². The summed E-state index contributed by atoms with van der Waals surface area (Å²) in [7, 11) is 0. The predicted molar refractivity (Wildman–Crippen MR) is 66.9 cm³/mol. The zero-order chi connectivity index (χ0) is 11.9. The summed E-state index contributed by atoms with van der Waals surface area (Å²) in [6, 6.07) is 0. The normalized spacial score (nSPS) is 10.9. The molecule has 1 N–H and O–H groups in total. The van der Waals surface area contributed by atoms with Gasteiger partial charge in [0.1, 0.15) is 4.88 Å². The fourth-order valence-corrected chi connectivity index (χ4v) is 1.98. The average Bonchev–Trinajstić information content (AvgIpc) is 2.99. The van der Waals surface area contributed by atoms with Gasteiger partial charge in [-0.3, -0.25) is 4.98 Å². The molecule has 0 spiro atoms. The standard InChI is InChI=1S/C11H16N4OS/c1-2-5-12-6-3-4-10-14-15-11(16-10)9-7-13-8-17-9/h7-8,12H,2-6H2,1H3. The van der Waals surface area contributed by atoms with Crippen LogP contribution in [0.4, 0.5) is 0 Å². The molecule has 2 aromatic rings. The molecule has 0 unspecified atom stereocenters. The Hall–Kier alpha value is -1.27. The van der Waals surface area contributed by atoms with Gasteiger partial charge in [-0.15, -0.1) is 21.5 Å². The first-order valence-electron chi connectivity index (χ1n) is 5.82. The summed E-state index contributed by atoms with van der Waals surface area (Å²) in [5, 5.41) is 11.4. The van der Waals surface area contributed by atoms with Gasteiger partial charge in [-0.2, -0.15) is 0 Å². The number of thiazole rings is 1. The summed E-state index contributed by atoms with van der Waals surface area (Å²) in [6.07, 6.45) is 4.74. The lowest BCUT2D eigenvalue weighted by Gasteiger charge is -1.99. The van der Waals surface area contributed by atoms with E-state index in [9.17, 15) is 0 Å². The minimum absolute atomic E-state index is 0.573. The molecule has 5 nitrogen and oxygen atoms in total. The van der Waals surface area contributed by atoms with Crippen molar-refractivity contribution in [3.8, 4) is 10.8 Å². The molecule has 0 bridgehead atoms. The number of hydrogen-bond acceptors (Lipinski definition) is 6. The molecule has 2 aromatic heterocycles. The van der Waals surface area contributed by atoms with Crippen molar-refractivity contribution in [1.82, 2.24) is 20.5 Å². The van der Waals surface area contributed by atoms with E-state index in [0.29, 0.717) is 11.8 Å². The summed E-state index contributed by atoms with van der Waals surface area (Å²) in [6.45, 7) is 4.22. The third-order valence-corrected chi connectivity index (χ3v) is 3.04. The zero-order valence-corrected chi connectivity index (χ0v) is 10.7. The quantitative estimate of drug-likeness (QED) is 0.765. The largest absolute Gasteiger partial charge is 0.420 e. The van der Waals surface area contributed by atoms with Crippen LogP contribution in [-0.4, -0.2) is 28.3 Å². The number of aromatic nitrogens is 3. The Bertz CT molecular complexity index is 426. The van der Waals surface area contributed by atoms with Gasteiger partial charge in [0.15, 0.2) is 0 Å². The van der Waals surface area contributed by atoms with Crippen LogP contribution in [0.5, 0.6) is 0 Å². The second-order valence-corrected chi connectivity index (χ2v) is 4.61. The highest BCUT2D eigenvalue weighted by molar-refractivity contribution is 7.13. The Kier molecular flexibility index (Phi) is 4.63. The van der Waals surface area contributed by atoms with Crippen molar-refractivity contribution >= 4 is 11.3 Å². The van der Waals surface area contributed by atoms with Gasteiger partial charge in [0.05, 0.1) is 11.7 Å². The maximum absolute atomic E-state index is 5.55. The van der Waals surface area contributed by atoms with E-state index >= 15 is 0 Å². The lowest BCUT2D eigenvalue weighted by Crippen LogP contribution is -2.16. The van der Waals surface area contributed by atoms with Crippen molar-refractivity contribution in [2.45, 2.75) is 26.2 Å². The van der Waals surface area contributed by atoms with E-state index in [1.165, 1.54) is 11.3 Å². The molecular formula is C11H16N4OS. The number of aryl methyl sites for hydroxylation is 1. The molecule has 0 saturated carbocycles. The first-order chi connectivity index (χ1) is 8.40. The maximum atomic E-state index is 5.55. The van der Waals surface area contributed by atoms with Crippen LogP contribution in [-0.2, 0) is 6.42 Å². The van der Waals surface area contributed by atoms with Crippen molar-refractivity contribution < 1.29 is 4.42 Å². The SMILES string of the molecule is CCCNCCCc1nnc(-c2cncs2)o1. The van der Waals surface area contributed by atoms with Gasteiger partial charge in [-0.05, 0) is 25.9 Å². The van der Waals surface area contributed by atoms with E-state index < -0.39 is 0 Å². The van der Waals surface area contributed by atoms with Crippen LogP contribution in [0.2, 0.25) is 0 Å². The molecule has 17 heavy (non-hydrogen) atoms. The predicted octanol–water partition coefficient (Wildman–Crippen LogP) is 2.13. The van der Waals surface area contributed by atoms with E-state index in [1.54, 1.807) is 11.7 Å². The molecule has 2 rings (SSSR count). The van der Waals surface area contributed by atoms with Gasteiger partial charge in [0.2, 0.25) is 5.89 Å². The first kappa shape index (κ1) is 12.2. The van der Waals surface area contributed by atoms with Crippen LogP contribution >= 0.6 is 11.3 Å². The molecule has 0 radical (unpaired) electrons. The van der Waals surface area contributed by atoms with Gasteiger partial charge in [-0.25, -0.2) is 0 Å².